The van der Waals surface area contributed by atoms with E-state index in [2.05, 4.69) is 6.07 Å². The van der Waals surface area contributed by atoms with Gasteiger partial charge in [-0.1, -0.05) is 0 Å². The van der Waals surface area contributed by atoms with Crippen LogP contribution in [0.1, 0.15) is 26.7 Å². The molecule has 2 rings (SSSR count). The third kappa shape index (κ3) is 1.35. The first-order chi connectivity index (χ1) is 7.07. The van der Waals surface area contributed by atoms with Gasteiger partial charge in [-0.25, -0.2) is 0 Å². The predicted octanol–water partition coefficient (Wildman–Crippen LogP) is 0.994. The topological polar surface area (TPSA) is 61.2 Å². The number of nitrogens with zero attached hydrogens (tertiary/aromatic N) is 2. The molecule has 0 spiro atoms. The van der Waals surface area contributed by atoms with Crippen LogP contribution in [0.15, 0.2) is 11.1 Å². The van der Waals surface area contributed by atoms with Crippen molar-refractivity contribution in [3.8, 4) is 6.07 Å². The molecule has 78 valence electrons. The van der Waals surface area contributed by atoms with Crippen molar-refractivity contribution in [2.45, 2.75) is 32.7 Å². The molecule has 0 saturated heterocycles. The lowest BCUT2D eigenvalue weighted by molar-refractivity contribution is -0.139. The Balaban J connectivity index is 2.29. The van der Waals surface area contributed by atoms with E-state index in [0.29, 0.717) is 11.1 Å². The van der Waals surface area contributed by atoms with E-state index in [-0.39, 0.29) is 17.7 Å². The van der Waals surface area contributed by atoms with Crippen molar-refractivity contribution in [2.75, 3.05) is 0 Å². The largest absolute Gasteiger partial charge is 0.269 e. The summed E-state index contributed by atoms with van der Waals surface area (Å²) >= 11 is 0. The molecule has 1 fully saturated rings. The maximum atomic E-state index is 11.8. The van der Waals surface area contributed by atoms with Crippen molar-refractivity contribution in [3.63, 3.8) is 0 Å². The fourth-order valence-corrected chi connectivity index (χ4v) is 1.81. The molecule has 1 aliphatic carbocycles. The van der Waals surface area contributed by atoms with Gasteiger partial charge >= 0.3 is 0 Å². The van der Waals surface area contributed by atoms with Crippen LogP contribution in [0.5, 0.6) is 0 Å². The van der Waals surface area contributed by atoms with Gasteiger partial charge in [0.15, 0.2) is 0 Å². The van der Waals surface area contributed by atoms with Crippen LogP contribution in [0, 0.1) is 17.2 Å². The molecule has 2 amide bonds. The Morgan fingerprint density at radius 3 is 2.07 bits per heavy atom. The Labute approximate surface area is 88.2 Å². The van der Waals surface area contributed by atoms with E-state index < -0.39 is 6.04 Å². The number of hydrogen-bond acceptors (Lipinski definition) is 3. The van der Waals surface area contributed by atoms with Gasteiger partial charge in [-0.15, -0.1) is 0 Å². The Morgan fingerprint density at radius 1 is 1.27 bits per heavy atom. The van der Waals surface area contributed by atoms with Gasteiger partial charge in [0.1, 0.15) is 6.04 Å². The van der Waals surface area contributed by atoms with Crippen LogP contribution in [0.3, 0.4) is 0 Å². The van der Waals surface area contributed by atoms with Crippen LogP contribution in [0.25, 0.3) is 0 Å². The molecule has 2 aliphatic rings. The highest BCUT2D eigenvalue weighted by atomic mass is 16.2. The van der Waals surface area contributed by atoms with Gasteiger partial charge in [0.25, 0.3) is 11.8 Å². The van der Waals surface area contributed by atoms with E-state index in [1.807, 2.05) is 0 Å². The quantitative estimate of drug-likeness (QED) is 0.630. The molecule has 0 aromatic heterocycles. The molecule has 1 aliphatic heterocycles. The molecule has 1 unspecified atom stereocenters. The first-order valence-electron chi connectivity index (χ1n) is 5.03. The summed E-state index contributed by atoms with van der Waals surface area (Å²) < 4.78 is 0. The van der Waals surface area contributed by atoms with Crippen molar-refractivity contribution >= 4 is 11.8 Å². The molecular formula is C11H12N2O2. The summed E-state index contributed by atoms with van der Waals surface area (Å²) in [5.41, 5.74) is 0.946. The van der Waals surface area contributed by atoms with Crippen LogP contribution < -0.4 is 0 Å². The van der Waals surface area contributed by atoms with Crippen molar-refractivity contribution in [1.82, 2.24) is 4.90 Å². The molecule has 4 heteroatoms. The van der Waals surface area contributed by atoms with E-state index in [1.165, 1.54) is 0 Å². The normalized spacial score (nSPS) is 23.4. The Kier molecular flexibility index (Phi) is 2.11. The van der Waals surface area contributed by atoms with Gasteiger partial charge < -0.3 is 0 Å². The van der Waals surface area contributed by atoms with Gasteiger partial charge in [-0.3, -0.25) is 14.5 Å². The highest BCUT2D eigenvalue weighted by molar-refractivity contribution is 6.19. The maximum Gasteiger partial charge on any atom is 0.257 e. The first kappa shape index (κ1) is 9.91. The average Bonchev–Trinajstić information content (AvgIpc) is 3.02. The van der Waals surface area contributed by atoms with Gasteiger partial charge in [0.05, 0.1) is 6.07 Å². The Morgan fingerprint density at radius 2 is 1.73 bits per heavy atom. The van der Waals surface area contributed by atoms with Crippen LogP contribution in [-0.4, -0.2) is 22.8 Å². The highest BCUT2D eigenvalue weighted by Crippen LogP contribution is 2.37. The number of amides is 2. The SMILES string of the molecule is CC1=C(C)C(=O)N(C(C#N)C2CC2)C1=O. The zero-order chi connectivity index (χ0) is 11.2. The minimum Gasteiger partial charge on any atom is -0.269 e. The number of carbonyl (C=O) groups is 2. The lowest BCUT2D eigenvalue weighted by Crippen LogP contribution is -2.41. The fraction of sp³-hybridized carbons (Fsp3) is 0.545. The smallest absolute Gasteiger partial charge is 0.257 e. The zero-order valence-electron chi connectivity index (χ0n) is 8.78. The molecule has 1 saturated carbocycles. The molecule has 0 aromatic carbocycles. The van der Waals surface area contributed by atoms with Crippen LogP contribution >= 0.6 is 0 Å². The van der Waals surface area contributed by atoms with E-state index >= 15 is 0 Å². The Hall–Kier alpha value is -1.63. The minimum absolute atomic E-state index is 0.196. The van der Waals surface area contributed by atoms with E-state index in [9.17, 15) is 9.59 Å². The number of rotatable bonds is 2. The lowest BCUT2D eigenvalue weighted by Gasteiger charge is -2.20. The summed E-state index contributed by atoms with van der Waals surface area (Å²) in [5, 5.41) is 8.99. The monoisotopic (exact) mass is 204 g/mol. The van der Waals surface area contributed by atoms with Crippen molar-refractivity contribution in [3.05, 3.63) is 11.1 Å². The average molecular weight is 204 g/mol. The van der Waals surface area contributed by atoms with Gasteiger partial charge in [-0.05, 0) is 32.6 Å². The van der Waals surface area contributed by atoms with E-state index in [1.54, 1.807) is 13.8 Å². The highest BCUT2D eigenvalue weighted by Gasteiger charge is 2.44. The molecule has 1 heterocycles. The van der Waals surface area contributed by atoms with E-state index in [4.69, 9.17) is 5.26 Å². The molecule has 0 N–H and O–H groups in total. The molecule has 0 bridgehead atoms. The molecular weight excluding hydrogens is 192 g/mol. The van der Waals surface area contributed by atoms with Crippen molar-refractivity contribution in [2.24, 2.45) is 5.92 Å². The molecule has 4 nitrogen and oxygen atoms in total. The van der Waals surface area contributed by atoms with Gasteiger partial charge in [-0.2, -0.15) is 5.26 Å². The molecule has 1 atom stereocenters. The fourth-order valence-electron chi connectivity index (χ4n) is 1.81. The van der Waals surface area contributed by atoms with Crippen LogP contribution in [-0.2, 0) is 9.59 Å². The van der Waals surface area contributed by atoms with Crippen LogP contribution in [0.2, 0.25) is 0 Å². The number of carbonyl (C=O) groups excluding carboxylic acids is 2. The third-order valence-corrected chi connectivity index (χ3v) is 3.12. The minimum atomic E-state index is -0.558. The van der Waals surface area contributed by atoms with E-state index in [0.717, 1.165) is 17.7 Å². The Bertz CT molecular complexity index is 389. The summed E-state index contributed by atoms with van der Waals surface area (Å²) in [6, 6.07) is 1.51. The second kappa shape index (κ2) is 3.20. The predicted molar refractivity (Wildman–Crippen MR) is 52.4 cm³/mol. The summed E-state index contributed by atoms with van der Waals surface area (Å²) in [7, 11) is 0. The second-order valence-corrected chi connectivity index (χ2v) is 4.14. The van der Waals surface area contributed by atoms with Crippen LogP contribution in [0.4, 0.5) is 0 Å². The summed E-state index contributed by atoms with van der Waals surface area (Å²) in [6.07, 6.45) is 1.88. The third-order valence-electron chi connectivity index (χ3n) is 3.12. The summed E-state index contributed by atoms with van der Waals surface area (Å²) in [5.74, 6) is -0.395. The van der Waals surface area contributed by atoms with Gasteiger partial charge in [0, 0.05) is 11.1 Å². The summed E-state index contributed by atoms with van der Waals surface area (Å²) in [6.45, 7) is 3.27. The number of hydrogen-bond donors (Lipinski definition) is 0. The van der Waals surface area contributed by atoms with Crippen molar-refractivity contribution in [1.29, 1.82) is 5.26 Å². The lowest BCUT2D eigenvalue weighted by atomic mass is 10.2. The molecule has 0 aromatic rings. The maximum absolute atomic E-state index is 11.8. The number of imide groups is 1. The van der Waals surface area contributed by atoms with Gasteiger partial charge in [0.2, 0.25) is 0 Å². The molecule has 15 heavy (non-hydrogen) atoms. The zero-order valence-corrected chi connectivity index (χ0v) is 8.78. The standard InChI is InChI=1S/C11H12N2O2/c1-6-7(2)11(15)13(10(6)14)9(5-12)8-3-4-8/h8-9H,3-4H2,1-2H3. The molecule has 0 radical (unpaired) electrons. The first-order valence-corrected chi connectivity index (χ1v) is 5.03. The second-order valence-electron chi connectivity index (χ2n) is 4.14. The summed E-state index contributed by atoms with van der Waals surface area (Å²) in [4.78, 5) is 24.6. The van der Waals surface area contributed by atoms with Crippen molar-refractivity contribution < 1.29 is 9.59 Å². The number of nitriles is 1.